The zero-order valence-electron chi connectivity index (χ0n) is 22.3. The number of likely N-dealkylation sites (tertiary alicyclic amines) is 1. The minimum Gasteiger partial charge on any atom is -0.497 e. The highest BCUT2D eigenvalue weighted by molar-refractivity contribution is 6.08. The van der Waals surface area contributed by atoms with Gasteiger partial charge in [0.2, 0.25) is 11.7 Å². The normalized spacial score (nSPS) is 18.2. The largest absolute Gasteiger partial charge is 0.497 e. The van der Waals surface area contributed by atoms with Crippen molar-refractivity contribution in [3.8, 4) is 23.0 Å². The van der Waals surface area contributed by atoms with Crippen LogP contribution in [0.4, 0.5) is 0 Å². The van der Waals surface area contributed by atoms with Crippen LogP contribution >= 0.6 is 0 Å². The summed E-state index contributed by atoms with van der Waals surface area (Å²) in [5.41, 5.74) is 6.24. The van der Waals surface area contributed by atoms with Gasteiger partial charge in [0.05, 0.1) is 34.9 Å². The van der Waals surface area contributed by atoms with Crippen molar-refractivity contribution in [2.45, 2.75) is 25.8 Å². The Morgan fingerprint density at radius 1 is 1.00 bits per heavy atom. The smallest absolute Gasteiger partial charge is 0.227 e. The van der Waals surface area contributed by atoms with Crippen LogP contribution in [-0.4, -0.2) is 77.4 Å². The molecule has 0 radical (unpaired) electrons. The molecule has 1 aliphatic carbocycles. The molecule has 0 aromatic heterocycles. The molecular weight excluding hydrogens is 456 g/mol. The summed E-state index contributed by atoms with van der Waals surface area (Å²) in [7, 11) is 10.6. The van der Waals surface area contributed by atoms with E-state index in [0.29, 0.717) is 29.7 Å². The number of carbonyl (C=O) groups excluding carboxylic acids is 1. The maximum atomic E-state index is 13.4. The SMILES string of the molecule is COc1ccc2c(c1)C(CC(=O)N1CCC(N(C)C)C1)=C(C)/C2=C\c1cc(OC)c(OC)c(OC)c1. The number of fused-ring (bicyclic) bond motifs is 1. The number of carbonyl (C=O) groups is 1. The molecular formula is C29H36N2O5. The van der Waals surface area contributed by atoms with E-state index in [0.717, 1.165) is 58.7 Å². The number of hydrogen-bond acceptors (Lipinski definition) is 6. The van der Waals surface area contributed by atoms with Gasteiger partial charge in [-0.2, -0.15) is 0 Å². The average molecular weight is 493 g/mol. The molecule has 36 heavy (non-hydrogen) atoms. The first-order valence-electron chi connectivity index (χ1n) is 12.2. The first-order valence-corrected chi connectivity index (χ1v) is 12.2. The number of hydrogen-bond donors (Lipinski definition) is 0. The molecule has 4 rings (SSSR count). The zero-order chi connectivity index (χ0) is 26.0. The lowest BCUT2D eigenvalue weighted by molar-refractivity contribution is -0.129. The second-order valence-corrected chi connectivity index (χ2v) is 9.45. The van der Waals surface area contributed by atoms with Gasteiger partial charge >= 0.3 is 0 Å². The van der Waals surface area contributed by atoms with E-state index in [1.54, 1.807) is 28.4 Å². The van der Waals surface area contributed by atoms with E-state index in [-0.39, 0.29) is 5.91 Å². The van der Waals surface area contributed by atoms with Crippen LogP contribution in [0.5, 0.6) is 23.0 Å². The molecule has 2 aromatic carbocycles. The van der Waals surface area contributed by atoms with Gasteiger partial charge < -0.3 is 28.7 Å². The standard InChI is InChI=1S/C29H36N2O5/c1-18-23(12-19-13-26(34-5)29(36-7)27(14-19)35-6)22-9-8-21(33-4)15-25(22)24(18)16-28(32)31-11-10-20(17-31)30(2)3/h8-9,12-15,20H,10-11,16-17H2,1-7H3/b23-12+. The lowest BCUT2D eigenvalue weighted by Crippen LogP contribution is -2.34. The Kier molecular flexibility index (Phi) is 7.59. The molecule has 192 valence electrons. The third-order valence-electron chi connectivity index (χ3n) is 7.27. The number of methoxy groups -OCH3 is 4. The summed E-state index contributed by atoms with van der Waals surface area (Å²) >= 11 is 0. The van der Waals surface area contributed by atoms with Crippen LogP contribution in [-0.2, 0) is 4.79 Å². The molecule has 7 heteroatoms. The minimum absolute atomic E-state index is 0.163. The van der Waals surface area contributed by atoms with Crippen LogP contribution < -0.4 is 18.9 Å². The van der Waals surface area contributed by atoms with Crippen molar-refractivity contribution in [2.24, 2.45) is 0 Å². The number of benzene rings is 2. The summed E-state index contributed by atoms with van der Waals surface area (Å²) in [4.78, 5) is 17.5. The molecule has 1 saturated heterocycles. The van der Waals surface area contributed by atoms with Gasteiger partial charge in [-0.3, -0.25) is 4.79 Å². The fourth-order valence-electron chi connectivity index (χ4n) is 5.12. The fraction of sp³-hybridized carbons (Fsp3) is 0.414. The first kappa shape index (κ1) is 25.6. The average Bonchev–Trinajstić information content (AvgIpc) is 3.48. The molecule has 7 nitrogen and oxygen atoms in total. The first-order chi connectivity index (χ1) is 17.3. The van der Waals surface area contributed by atoms with E-state index >= 15 is 0 Å². The van der Waals surface area contributed by atoms with Crippen molar-refractivity contribution in [2.75, 3.05) is 55.6 Å². The van der Waals surface area contributed by atoms with Gasteiger partial charge in [-0.15, -0.1) is 0 Å². The quantitative estimate of drug-likeness (QED) is 0.537. The van der Waals surface area contributed by atoms with Crippen LogP contribution in [0.2, 0.25) is 0 Å². The molecule has 0 bridgehead atoms. The molecule has 0 N–H and O–H groups in total. The molecule has 1 heterocycles. The van der Waals surface area contributed by atoms with Gasteiger partial charge in [-0.05, 0) is 91.2 Å². The van der Waals surface area contributed by atoms with Gasteiger partial charge in [0, 0.05) is 19.1 Å². The van der Waals surface area contributed by atoms with Crippen molar-refractivity contribution in [1.29, 1.82) is 0 Å². The van der Waals surface area contributed by atoms with E-state index in [9.17, 15) is 4.79 Å². The van der Waals surface area contributed by atoms with E-state index in [1.807, 2.05) is 29.2 Å². The highest BCUT2D eigenvalue weighted by Crippen LogP contribution is 2.46. The molecule has 1 unspecified atom stereocenters. The Labute approximate surface area is 213 Å². The molecule has 2 aromatic rings. The van der Waals surface area contributed by atoms with Gasteiger partial charge in [0.15, 0.2) is 11.5 Å². The van der Waals surface area contributed by atoms with Crippen molar-refractivity contribution < 1.29 is 23.7 Å². The molecule has 0 saturated carbocycles. The highest BCUT2D eigenvalue weighted by atomic mass is 16.5. The summed E-state index contributed by atoms with van der Waals surface area (Å²) < 4.78 is 22.1. The number of nitrogens with zero attached hydrogens (tertiary/aromatic N) is 2. The summed E-state index contributed by atoms with van der Waals surface area (Å²) in [6.45, 7) is 3.66. The fourth-order valence-corrected chi connectivity index (χ4v) is 5.12. The molecule has 1 fully saturated rings. The molecule has 0 spiro atoms. The Morgan fingerprint density at radius 2 is 1.69 bits per heavy atom. The van der Waals surface area contributed by atoms with Crippen LogP contribution in [0.3, 0.4) is 0 Å². The molecule has 1 aliphatic heterocycles. The Morgan fingerprint density at radius 3 is 2.25 bits per heavy atom. The Hall–Kier alpha value is -3.45. The predicted octanol–water partition coefficient (Wildman–Crippen LogP) is 4.60. The molecule has 1 amide bonds. The number of rotatable bonds is 8. The van der Waals surface area contributed by atoms with Crippen molar-refractivity contribution in [1.82, 2.24) is 9.80 Å². The van der Waals surface area contributed by atoms with Crippen molar-refractivity contribution in [3.05, 3.63) is 52.6 Å². The van der Waals surface area contributed by atoms with Gasteiger partial charge in [0.25, 0.3) is 0 Å². The van der Waals surface area contributed by atoms with Crippen LogP contribution in [0.15, 0.2) is 35.9 Å². The third kappa shape index (κ3) is 4.80. The number of amides is 1. The van der Waals surface area contributed by atoms with E-state index in [4.69, 9.17) is 18.9 Å². The van der Waals surface area contributed by atoms with Gasteiger partial charge in [-0.25, -0.2) is 0 Å². The second kappa shape index (κ2) is 10.7. The molecule has 1 atom stereocenters. The maximum Gasteiger partial charge on any atom is 0.227 e. The number of ether oxygens (including phenoxy) is 4. The predicted molar refractivity (Wildman–Crippen MR) is 143 cm³/mol. The Bertz CT molecular complexity index is 1190. The van der Waals surface area contributed by atoms with Crippen LogP contribution in [0, 0.1) is 0 Å². The zero-order valence-corrected chi connectivity index (χ0v) is 22.3. The maximum absolute atomic E-state index is 13.4. The summed E-state index contributed by atoms with van der Waals surface area (Å²) in [5, 5.41) is 0. The minimum atomic E-state index is 0.163. The van der Waals surface area contributed by atoms with E-state index < -0.39 is 0 Å². The summed E-state index contributed by atoms with van der Waals surface area (Å²) in [6.07, 6.45) is 3.48. The van der Waals surface area contributed by atoms with Crippen LogP contribution in [0.1, 0.15) is 36.5 Å². The lowest BCUT2D eigenvalue weighted by atomic mass is 10.00. The van der Waals surface area contributed by atoms with Crippen molar-refractivity contribution >= 4 is 23.1 Å². The lowest BCUT2D eigenvalue weighted by Gasteiger charge is -2.21. The number of likely N-dealkylation sites (N-methyl/N-ethyl adjacent to an activating group) is 1. The Balaban J connectivity index is 1.74. The monoisotopic (exact) mass is 492 g/mol. The topological polar surface area (TPSA) is 60.5 Å². The van der Waals surface area contributed by atoms with E-state index in [2.05, 4.69) is 38.1 Å². The molecule has 2 aliphatic rings. The van der Waals surface area contributed by atoms with E-state index in [1.165, 1.54) is 0 Å². The second-order valence-electron chi connectivity index (χ2n) is 9.45. The third-order valence-corrected chi connectivity index (χ3v) is 7.27. The summed E-state index contributed by atoms with van der Waals surface area (Å²) in [6, 6.07) is 10.3. The van der Waals surface area contributed by atoms with Gasteiger partial charge in [-0.1, -0.05) is 6.07 Å². The summed E-state index contributed by atoms with van der Waals surface area (Å²) in [5.74, 6) is 2.68. The highest BCUT2D eigenvalue weighted by Gasteiger charge is 2.31. The van der Waals surface area contributed by atoms with Crippen molar-refractivity contribution in [3.63, 3.8) is 0 Å². The van der Waals surface area contributed by atoms with Gasteiger partial charge in [0.1, 0.15) is 5.75 Å². The number of allylic oxidation sites excluding steroid dienone is 2. The van der Waals surface area contributed by atoms with Crippen LogP contribution in [0.25, 0.3) is 17.2 Å².